The van der Waals surface area contributed by atoms with Gasteiger partial charge in [-0.3, -0.25) is 9.59 Å². The number of hydrogen-bond acceptors (Lipinski definition) is 5. The van der Waals surface area contributed by atoms with Gasteiger partial charge in [0.2, 0.25) is 0 Å². The Bertz CT molecular complexity index is 687. The smallest absolute Gasteiger partial charge is 0.178 e. The molecule has 0 amide bonds. The van der Waals surface area contributed by atoms with E-state index < -0.39 is 17.1 Å². The Labute approximate surface area is 155 Å². The van der Waals surface area contributed by atoms with Crippen LogP contribution in [-0.2, 0) is 9.59 Å². The first-order valence-corrected chi connectivity index (χ1v) is 10.0. The molecule has 0 aliphatic heterocycles. The third-order valence-electron chi connectivity index (χ3n) is 8.70. The molecule has 0 heterocycles. The molecule has 0 aromatic rings. The van der Waals surface area contributed by atoms with Crippen molar-refractivity contribution in [3.8, 4) is 0 Å². The second kappa shape index (κ2) is 5.73. The van der Waals surface area contributed by atoms with E-state index in [9.17, 15) is 19.8 Å². The number of carbonyl (C=O) groups is 2. The van der Waals surface area contributed by atoms with Gasteiger partial charge in [-0.2, -0.15) is 0 Å². The summed E-state index contributed by atoms with van der Waals surface area (Å²) in [5.41, 5.74) is 4.61. The molecule has 0 saturated heterocycles. The Hall–Kier alpha value is -1.04. The average molecular weight is 361 g/mol. The largest absolute Gasteiger partial charge is 0.393 e. The maximum absolute atomic E-state index is 12.5. The summed E-state index contributed by atoms with van der Waals surface area (Å²) < 4.78 is 0. The fourth-order valence-corrected chi connectivity index (χ4v) is 7.32. The third kappa shape index (κ3) is 2.14. The van der Waals surface area contributed by atoms with E-state index in [0.717, 1.165) is 25.7 Å². The van der Waals surface area contributed by atoms with Crippen LogP contribution in [0.1, 0.15) is 58.8 Å². The van der Waals surface area contributed by atoms with E-state index in [2.05, 4.69) is 6.92 Å². The molecule has 3 fully saturated rings. The first kappa shape index (κ1) is 18.3. The number of carbonyl (C=O) groups excluding carboxylic acids is 2. The van der Waals surface area contributed by atoms with Crippen molar-refractivity contribution in [2.75, 3.05) is 6.54 Å². The van der Waals surface area contributed by atoms with Gasteiger partial charge in [-0.25, -0.2) is 0 Å². The molecule has 5 heteroatoms. The van der Waals surface area contributed by atoms with Crippen LogP contribution < -0.4 is 5.73 Å². The van der Waals surface area contributed by atoms with Gasteiger partial charge in [0.15, 0.2) is 11.6 Å². The van der Waals surface area contributed by atoms with Crippen LogP contribution in [0.3, 0.4) is 0 Å². The number of nitrogens with two attached hydrogens (primary N) is 1. The Kier molecular flexibility index (Phi) is 4.04. The standard InChI is InChI=1S/C21H31NO4/c1-19-7-5-13(23)9-12(19)3-4-14-15-6-8-21(26,17(25)11-22)20(15,2)10-16(24)18(14)19/h9,14-16,18,24,26H,3-8,10-11,22H2,1-2H3/t14?,15?,16?,18?,19-,20-,21-/m0/s1. The molecule has 4 aliphatic rings. The Morgan fingerprint density at radius 1 is 1.27 bits per heavy atom. The number of hydrogen-bond donors (Lipinski definition) is 3. The van der Waals surface area contributed by atoms with Crippen LogP contribution in [0, 0.1) is 28.6 Å². The SMILES string of the molecule is C[C@]12CCC(=O)C=C1CCC1C2C(O)C[C@@]2(C)C1CC[C@]2(O)C(=O)CN. The van der Waals surface area contributed by atoms with Crippen molar-refractivity contribution in [3.63, 3.8) is 0 Å². The highest BCUT2D eigenvalue weighted by Crippen LogP contribution is 2.67. The number of Topliss-reactive ketones (excluding diaryl/α,β-unsaturated/α-hetero) is 1. The van der Waals surface area contributed by atoms with Gasteiger partial charge in [-0.05, 0) is 67.8 Å². The summed E-state index contributed by atoms with van der Waals surface area (Å²) in [6.07, 6.45) is 6.08. The van der Waals surface area contributed by atoms with Crippen molar-refractivity contribution in [2.24, 2.45) is 34.3 Å². The number of aliphatic hydroxyl groups is 2. The number of aliphatic hydroxyl groups excluding tert-OH is 1. The summed E-state index contributed by atoms with van der Waals surface area (Å²) in [6, 6.07) is 0. The van der Waals surface area contributed by atoms with E-state index in [0.29, 0.717) is 19.3 Å². The number of ketones is 2. The second-order valence-electron chi connectivity index (χ2n) is 9.60. The van der Waals surface area contributed by atoms with Gasteiger partial charge >= 0.3 is 0 Å². The fraction of sp³-hybridized carbons (Fsp3) is 0.810. The quantitative estimate of drug-likeness (QED) is 0.696. The molecule has 0 aromatic carbocycles. The molecule has 4 aliphatic carbocycles. The van der Waals surface area contributed by atoms with E-state index in [1.54, 1.807) is 0 Å². The minimum atomic E-state index is -1.42. The molecular weight excluding hydrogens is 330 g/mol. The van der Waals surface area contributed by atoms with Crippen LogP contribution in [0.15, 0.2) is 11.6 Å². The van der Waals surface area contributed by atoms with Gasteiger partial charge < -0.3 is 15.9 Å². The lowest BCUT2D eigenvalue weighted by Crippen LogP contribution is -2.62. The lowest BCUT2D eigenvalue weighted by molar-refractivity contribution is -0.179. The molecule has 4 rings (SSSR count). The summed E-state index contributed by atoms with van der Waals surface area (Å²) in [4.78, 5) is 24.4. The van der Waals surface area contributed by atoms with Crippen LogP contribution in [0.25, 0.3) is 0 Å². The second-order valence-corrected chi connectivity index (χ2v) is 9.60. The Morgan fingerprint density at radius 3 is 2.69 bits per heavy atom. The number of fused-ring (bicyclic) bond motifs is 5. The molecule has 7 atom stereocenters. The monoisotopic (exact) mass is 361 g/mol. The van der Waals surface area contributed by atoms with Gasteiger partial charge in [-0.1, -0.05) is 19.4 Å². The predicted octanol–water partition coefficient (Wildman–Crippen LogP) is 1.75. The van der Waals surface area contributed by atoms with E-state index in [1.165, 1.54) is 5.57 Å². The minimum absolute atomic E-state index is 0.101. The summed E-state index contributed by atoms with van der Waals surface area (Å²) >= 11 is 0. The highest BCUT2D eigenvalue weighted by atomic mass is 16.3. The molecule has 0 bridgehead atoms. The predicted molar refractivity (Wildman–Crippen MR) is 97.1 cm³/mol. The fourth-order valence-electron chi connectivity index (χ4n) is 7.32. The van der Waals surface area contributed by atoms with Crippen molar-refractivity contribution in [3.05, 3.63) is 11.6 Å². The van der Waals surface area contributed by atoms with Crippen molar-refractivity contribution in [1.82, 2.24) is 0 Å². The number of allylic oxidation sites excluding steroid dienone is 1. The summed E-state index contributed by atoms with van der Waals surface area (Å²) in [5, 5.41) is 22.5. The molecule has 3 saturated carbocycles. The van der Waals surface area contributed by atoms with Gasteiger partial charge in [0.1, 0.15) is 5.60 Å². The minimum Gasteiger partial charge on any atom is -0.393 e. The maximum atomic E-state index is 12.5. The molecule has 4 unspecified atom stereocenters. The zero-order valence-electron chi connectivity index (χ0n) is 15.8. The van der Waals surface area contributed by atoms with Crippen molar-refractivity contribution >= 4 is 11.6 Å². The molecule has 0 aromatic heterocycles. The molecule has 5 nitrogen and oxygen atoms in total. The highest BCUT2D eigenvalue weighted by Gasteiger charge is 2.68. The van der Waals surface area contributed by atoms with Crippen LogP contribution in [-0.4, -0.2) is 40.0 Å². The lowest BCUT2D eigenvalue weighted by Gasteiger charge is -2.60. The van der Waals surface area contributed by atoms with Crippen LogP contribution in [0.4, 0.5) is 0 Å². The van der Waals surface area contributed by atoms with Crippen molar-refractivity contribution < 1.29 is 19.8 Å². The summed E-state index contributed by atoms with van der Waals surface area (Å²) in [6.45, 7) is 4.03. The Balaban J connectivity index is 1.74. The van der Waals surface area contributed by atoms with Crippen molar-refractivity contribution in [1.29, 1.82) is 0 Å². The van der Waals surface area contributed by atoms with E-state index >= 15 is 0 Å². The zero-order chi connectivity index (χ0) is 18.9. The van der Waals surface area contributed by atoms with Gasteiger partial charge in [0.25, 0.3) is 0 Å². The van der Waals surface area contributed by atoms with E-state index in [-0.39, 0.29) is 41.3 Å². The van der Waals surface area contributed by atoms with Gasteiger partial charge in [0.05, 0.1) is 12.6 Å². The van der Waals surface area contributed by atoms with Crippen LogP contribution in [0.5, 0.6) is 0 Å². The Morgan fingerprint density at radius 2 is 2.00 bits per heavy atom. The maximum Gasteiger partial charge on any atom is 0.178 e. The lowest BCUT2D eigenvalue weighted by atomic mass is 9.45. The first-order chi connectivity index (χ1) is 12.2. The molecule has 26 heavy (non-hydrogen) atoms. The van der Waals surface area contributed by atoms with Crippen LogP contribution >= 0.6 is 0 Å². The summed E-state index contributed by atoms with van der Waals surface area (Å²) in [7, 11) is 0. The van der Waals surface area contributed by atoms with Crippen LogP contribution in [0.2, 0.25) is 0 Å². The molecule has 0 radical (unpaired) electrons. The average Bonchev–Trinajstić information content (AvgIpc) is 2.86. The van der Waals surface area contributed by atoms with Gasteiger partial charge in [-0.15, -0.1) is 0 Å². The first-order valence-electron chi connectivity index (χ1n) is 10.0. The normalized spacial score (nSPS) is 50.5. The third-order valence-corrected chi connectivity index (χ3v) is 8.70. The van der Waals surface area contributed by atoms with E-state index in [4.69, 9.17) is 5.73 Å². The van der Waals surface area contributed by atoms with E-state index in [1.807, 2.05) is 13.0 Å². The number of rotatable bonds is 2. The van der Waals surface area contributed by atoms with Crippen molar-refractivity contribution in [2.45, 2.75) is 70.5 Å². The molecule has 4 N–H and O–H groups in total. The summed E-state index contributed by atoms with van der Waals surface area (Å²) in [5.74, 6) is 0.504. The topological polar surface area (TPSA) is 101 Å². The molecular formula is C21H31NO4. The zero-order valence-corrected chi connectivity index (χ0v) is 15.8. The highest BCUT2D eigenvalue weighted by molar-refractivity contribution is 5.92. The molecule has 144 valence electrons. The molecule has 0 spiro atoms. The van der Waals surface area contributed by atoms with Gasteiger partial charge in [0, 0.05) is 11.8 Å².